The zero-order chi connectivity index (χ0) is 16.2. The number of benzene rings is 1. The van der Waals surface area contributed by atoms with Crippen LogP contribution in [0.15, 0.2) is 30.3 Å². The Kier molecular flexibility index (Phi) is 5.97. The maximum absolute atomic E-state index is 12.3. The molecule has 2 N–H and O–H groups in total. The largest absolute Gasteiger partial charge is 0.391 e. The van der Waals surface area contributed by atoms with Crippen LogP contribution in [-0.2, 0) is 16.6 Å². The van der Waals surface area contributed by atoms with E-state index < -0.39 is 16.3 Å². The summed E-state index contributed by atoms with van der Waals surface area (Å²) in [5.41, 5.74) is 0.995. The fourth-order valence-corrected chi connectivity index (χ4v) is 4.54. The van der Waals surface area contributed by atoms with Gasteiger partial charge in [0.1, 0.15) is 0 Å². The van der Waals surface area contributed by atoms with Gasteiger partial charge in [-0.3, -0.25) is 0 Å². The summed E-state index contributed by atoms with van der Waals surface area (Å²) in [5, 5.41) is 10.0. The predicted octanol–water partition coefficient (Wildman–Crippen LogP) is 1.40. The second-order valence-electron chi connectivity index (χ2n) is 6.46. The maximum atomic E-state index is 12.3. The minimum atomic E-state index is -3.51. The van der Waals surface area contributed by atoms with Gasteiger partial charge >= 0.3 is 0 Å². The van der Waals surface area contributed by atoms with Crippen molar-refractivity contribution in [2.24, 2.45) is 11.8 Å². The van der Waals surface area contributed by atoms with Crippen molar-refractivity contribution in [3.8, 4) is 0 Å². The van der Waals surface area contributed by atoms with Crippen LogP contribution in [0.3, 0.4) is 0 Å². The van der Waals surface area contributed by atoms with Crippen LogP contribution in [0.5, 0.6) is 0 Å². The second-order valence-corrected chi connectivity index (χ2v) is 8.22. The van der Waals surface area contributed by atoms with Gasteiger partial charge in [-0.1, -0.05) is 44.2 Å². The SMILES string of the molecule is C[C@@H]1C[C@@H](C)CN(S(=O)(=O)NC[C@H](O)Cc2ccccc2)C1. The van der Waals surface area contributed by atoms with E-state index in [0.717, 1.165) is 12.0 Å². The number of aliphatic hydroxyl groups excluding tert-OH is 1. The van der Waals surface area contributed by atoms with Gasteiger partial charge in [-0.25, -0.2) is 0 Å². The summed E-state index contributed by atoms with van der Waals surface area (Å²) in [6.07, 6.45) is 0.774. The first-order valence-electron chi connectivity index (χ1n) is 7.83. The highest BCUT2D eigenvalue weighted by molar-refractivity contribution is 7.87. The molecule has 5 nitrogen and oxygen atoms in total. The number of hydrogen-bond acceptors (Lipinski definition) is 3. The lowest BCUT2D eigenvalue weighted by Crippen LogP contribution is -2.49. The fourth-order valence-electron chi connectivity index (χ4n) is 3.05. The van der Waals surface area contributed by atoms with E-state index in [0.29, 0.717) is 31.3 Å². The van der Waals surface area contributed by atoms with Crippen LogP contribution in [0.4, 0.5) is 0 Å². The third-order valence-corrected chi connectivity index (χ3v) is 5.50. The molecular weight excluding hydrogens is 300 g/mol. The molecule has 1 heterocycles. The van der Waals surface area contributed by atoms with Crippen molar-refractivity contribution in [3.05, 3.63) is 35.9 Å². The van der Waals surface area contributed by atoms with E-state index in [1.165, 1.54) is 4.31 Å². The maximum Gasteiger partial charge on any atom is 0.279 e. The van der Waals surface area contributed by atoms with Crippen LogP contribution >= 0.6 is 0 Å². The van der Waals surface area contributed by atoms with Crippen molar-refractivity contribution >= 4 is 10.2 Å². The van der Waals surface area contributed by atoms with Crippen molar-refractivity contribution in [2.45, 2.75) is 32.8 Å². The van der Waals surface area contributed by atoms with E-state index >= 15 is 0 Å². The van der Waals surface area contributed by atoms with Gasteiger partial charge < -0.3 is 5.11 Å². The lowest BCUT2D eigenvalue weighted by Gasteiger charge is -2.34. The van der Waals surface area contributed by atoms with Crippen LogP contribution in [0.1, 0.15) is 25.8 Å². The lowest BCUT2D eigenvalue weighted by molar-refractivity contribution is 0.175. The zero-order valence-electron chi connectivity index (χ0n) is 13.3. The van der Waals surface area contributed by atoms with Crippen LogP contribution in [-0.4, -0.2) is 43.6 Å². The summed E-state index contributed by atoms with van der Waals surface area (Å²) >= 11 is 0. The molecule has 0 amide bonds. The molecule has 1 aromatic carbocycles. The normalized spacial score (nSPS) is 25.0. The Morgan fingerprint density at radius 3 is 2.41 bits per heavy atom. The third kappa shape index (κ3) is 5.05. The molecule has 1 aliphatic rings. The van der Waals surface area contributed by atoms with Crippen molar-refractivity contribution < 1.29 is 13.5 Å². The van der Waals surface area contributed by atoms with E-state index in [2.05, 4.69) is 18.6 Å². The van der Waals surface area contributed by atoms with Crippen molar-refractivity contribution in [3.63, 3.8) is 0 Å². The van der Waals surface area contributed by atoms with Gasteiger partial charge in [0.25, 0.3) is 10.2 Å². The van der Waals surface area contributed by atoms with Gasteiger partial charge in [-0.15, -0.1) is 0 Å². The van der Waals surface area contributed by atoms with Crippen LogP contribution < -0.4 is 4.72 Å². The van der Waals surface area contributed by atoms with Gasteiger partial charge in [0, 0.05) is 19.6 Å². The highest BCUT2D eigenvalue weighted by Gasteiger charge is 2.30. The van der Waals surface area contributed by atoms with E-state index in [1.807, 2.05) is 30.3 Å². The van der Waals surface area contributed by atoms with Crippen molar-refractivity contribution in [1.29, 1.82) is 0 Å². The summed E-state index contributed by atoms with van der Waals surface area (Å²) in [5.74, 6) is 0.740. The molecule has 22 heavy (non-hydrogen) atoms. The topological polar surface area (TPSA) is 69.6 Å². The first kappa shape index (κ1) is 17.4. The summed E-state index contributed by atoms with van der Waals surface area (Å²) < 4.78 is 28.7. The molecule has 3 atom stereocenters. The van der Waals surface area contributed by atoms with Crippen LogP contribution in [0.25, 0.3) is 0 Å². The molecule has 0 saturated carbocycles. The second kappa shape index (κ2) is 7.55. The van der Waals surface area contributed by atoms with Gasteiger partial charge in [0.05, 0.1) is 6.10 Å². The molecule has 1 fully saturated rings. The van der Waals surface area contributed by atoms with E-state index in [9.17, 15) is 13.5 Å². The van der Waals surface area contributed by atoms with E-state index in [4.69, 9.17) is 0 Å². The minimum Gasteiger partial charge on any atom is -0.391 e. The predicted molar refractivity (Wildman–Crippen MR) is 87.6 cm³/mol. The molecule has 2 rings (SSSR count). The molecule has 1 saturated heterocycles. The van der Waals surface area contributed by atoms with Gasteiger partial charge in [-0.2, -0.15) is 17.4 Å². The molecule has 0 unspecified atom stereocenters. The van der Waals surface area contributed by atoms with Gasteiger partial charge in [-0.05, 0) is 30.2 Å². The minimum absolute atomic E-state index is 0.0382. The fraction of sp³-hybridized carbons (Fsp3) is 0.625. The number of nitrogens with zero attached hydrogens (tertiary/aromatic N) is 1. The number of rotatable bonds is 6. The molecular formula is C16H26N2O3S. The Morgan fingerprint density at radius 2 is 1.82 bits per heavy atom. The van der Waals surface area contributed by atoms with E-state index in [1.54, 1.807) is 0 Å². The summed E-state index contributed by atoms with van der Waals surface area (Å²) in [7, 11) is -3.51. The summed E-state index contributed by atoms with van der Waals surface area (Å²) in [4.78, 5) is 0. The van der Waals surface area contributed by atoms with E-state index in [-0.39, 0.29) is 6.54 Å². The van der Waals surface area contributed by atoms with Gasteiger partial charge in [0.15, 0.2) is 0 Å². The quantitative estimate of drug-likeness (QED) is 0.830. The highest BCUT2D eigenvalue weighted by atomic mass is 32.2. The molecule has 0 bridgehead atoms. The number of hydrogen-bond donors (Lipinski definition) is 2. The molecule has 1 aliphatic heterocycles. The number of piperidine rings is 1. The van der Waals surface area contributed by atoms with Gasteiger partial charge in [0.2, 0.25) is 0 Å². The zero-order valence-corrected chi connectivity index (χ0v) is 14.1. The molecule has 0 spiro atoms. The molecule has 124 valence electrons. The lowest BCUT2D eigenvalue weighted by atomic mass is 9.94. The molecule has 6 heteroatoms. The Morgan fingerprint density at radius 1 is 1.23 bits per heavy atom. The summed E-state index contributed by atoms with van der Waals surface area (Å²) in [6, 6.07) is 9.57. The Labute approximate surface area is 133 Å². The first-order valence-corrected chi connectivity index (χ1v) is 9.27. The molecule has 0 aromatic heterocycles. The summed E-state index contributed by atoms with van der Waals surface area (Å²) in [6.45, 7) is 5.28. The van der Waals surface area contributed by atoms with Crippen LogP contribution in [0.2, 0.25) is 0 Å². The Bertz CT molecular complexity index is 552. The Hall–Kier alpha value is -0.950. The average Bonchev–Trinajstić information content (AvgIpc) is 2.45. The first-order chi connectivity index (χ1) is 10.4. The number of aliphatic hydroxyl groups is 1. The molecule has 1 aromatic rings. The smallest absolute Gasteiger partial charge is 0.279 e. The Balaban J connectivity index is 1.86. The monoisotopic (exact) mass is 326 g/mol. The average molecular weight is 326 g/mol. The number of nitrogens with one attached hydrogen (secondary N) is 1. The highest BCUT2D eigenvalue weighted by Crippen LogP contribution is 2.22. The molecule has 0 aliphatic carbocycles. The van der Waals surface area contributed by atoms with Crippen molar-refractivity contribution in [1.82, 2.24) is 9.03 Å². The van der Waals surface area contributed by atoms with Crippen LogP contribution in [0, 0.1) is 11.8 Å². The standard InChI is InChI=1S/C16H26N2O3S/c1-13-8-14(2)12-18(11-13)22(20,21)17-10-16(19)9-15-6-4-3-5-7-15/h3-7,13-14,16-17,19H,8-12H2,1-2H3/t13-,14-,16-/m1/s1. The third-order valence-electron chi connectivity index (χ3n) is 3.99. The molecule has 0 radical (unpaired) electrons. The van der Waals surface area contributed by atoms with Crippen molar-refractivity contribution in [2.75, 3.05) is 19.6 Å².